The predicted octanol–water partition coefficient (Wildman–Crippen LogP) is 0.652. The van der Waals surface area contributed by atoms with Crippen LogP contribution in [0.3, 0.4) is 0 Å². The summed E-state index contributed by atoms with van der Waals surface area (Å²) >= 11 is 0. The summed E-state index contributed by atoms with van der Waals surface area (Å²) < 4.78 is 2.07. The molecule has 1 atom stereocenters. The summed E-state index contributed by atoms with van der Waals surface area (Å²) in [4.78, 5) is 4.31. The SMILES string of the molecule is Cn1ccnc1CNC1CCCNCC1. The third-order valence-electron chi connectivity index (χ3n) is 3.05. The van der Waals surface area contributed by atoms with E-state index < -0.39 is 0 Å². The number of nitrogens with zero attached hydrogens (tertiary/aromatic N) is 2. The zero-order chi connectivity index (χ0) is 10.5. The molecular formula is C11H20N4. The van der Waals surface area contributed by atoms with E-state index in [0.29, 0.717) is 6.04 Å². The molecule has 0 bridgehead atoms. The van der Waals surface area contributed by atoms with E-state index >= 15 is 0 Å². The van der Waals surface area contributed by atoms with Crippen molar-refractivity contribution in [2.75, 3.05) is 13.1 Å². The monoisotopic (exact) mass is 208 g/mol. The topological polar surface area (TPSA) is 41.9 Å². The first-order chi connectivity index (χ1) is 7.36. The molecule has 1 aromatic rings. The van der Waals surface area contributed by atoms with E-state index in [-0.39, 0.29) is 0 Å². The normalized spacial score (nSPS) is 22.6. The fraction of sp³-hybridized carbons (Fsp3) is 0.727. The van der Waals surface area contributed by atoms with Gasteiger partial charge >= 0.3 is 0 Å². The second kappa shape index (κ2) is 5.28. The molecular weight excluding hydrogens is 188 g/mol. The van der Waals surface area contributed by atoms with Crippen LogP contribution in [0.4, 0.5) is 0 Å². The Kier molecular flexibility index (Phi) is 3.75. The summed E-state index contributed by atoms with van der Waals surface area (Å²) in [6, 6.07) is 0.650. The molecule has 1 aliphatic rings. The standard InChI is InChI=1S/C11H20N4/c1-15-8-7-13-11(15)9-14-10-3-2-5-12-6-4-10/h7-8,10,12,14H,2-6,9H2,1H3. The van der Waals surface area contributed by atoms with Crippen LogP contribution in [0.1, 0.15) is 25.1 Å². The van der Waals surface area contributed by atoms with Crippen LogP contribution in [0.5, 0.6) is 0 Å². The number of hydrogen-bond acceptors (Lipinski definition) is 3. The van der Waals surface area contributed by atoms with Crippen LogP contribution in [0, 0.1) is 0 Å². The lowest BCUT2D eigenvalue weighted by Crippen LogP contribution is -2.30. The minimum absolute atomic E-state index is 0.650. The van der Waals surface area contributed by atoms with Crippen molar-refractivity contribution in [2.45, 2.75) is 31.8 Å². The molecule has 4 heteroatoms. The van der Waals surface area contributed by atoms with E-state index in [0.717, 1.165) is 18.9 Å². The summed E-state index contributed by atoms with van der Waals surface area (Å²) in [6.07, 6.45) is 7.62. The van der Waals surface area contributed by atoms with Gasteiger partial charge in [-0.3, -0.25) is 0 Å². The van der Waals surface area contributed by atoms with Gasteiger partial charge in [-0.15, -0.1) is 0 Å². The Morgan fingerprint density at radius 1 is 1.53 bits per heavy atom. The molecule has 0 spiro atoms. The zero-order valence-electron chi connectivity index (χ0n) is 9.37. The highest BCUT2D eigenvalue weighted by Gasteiger charge is 2.11. The Balaban J connectivity index is 1.79. The lowest BCUT2D eigenvalue weighted by molar-refractivity contribution is 0.457. The van der Waals surface area contributed by atoms with Crippen molar-refractivity contribution in [1.82, 2.24) is 20.2 Å². The summed E-state index contributed by atoms with van der Waals surface area (Å²) in [5.74, 6) is 1.12. The molecule has 0 aromatic carbocycles. The van der Waals surface area contributed by atoms with E-state index in [1.165, 1.54) is 25.8 Å². The summed E-state index contributed by atoms with van der Waals surface area (Å²) in [5.41, 5.74) is 0. The van der Waals surface area contributed by atoms with Gasteiger partial charge in [0.05, 0.1) is 6.54 Å². The maximum absolute atomic E-state index is 4.31. The average Bonchev–Trinajstić information content (AvgIpc) is 2.53. The Hall–Kier alpha value is -0.870. The molecule has 15 heavy (non-hydrogen) atoms. The molecule has 1 saturated heterocycles. The molecule has 0 amide bonds. The van der Waals surface area contributed by atoms with Crippen LogP contribution in [-0.4, -0.2) is 28.7 Å². The molecule has 0 radical (unpaired) electrons. The molecule has 1 fully saturated rings. The maximum Gasteiger partial charge on any atom is 0.122 e. The first kappa shape index (κ1) is 10.6. The number of imidazole rings is 1. The van der Waals surface area contributed by atoms with E-state index in [2.05, 4.69) is 20.2 Å². The quantitative estimate of drug-likeness (QED) is 0.766. The first-order valence-electron chi connectivity index (χ1n) is 5.76. The molecule has 0 aliphatic carbocycles. The van der Waals surface area contributed by atoms with E-state index in [1.807, 2.05) is 19.4 Å². The third kappa shape index (κ3) is 3.04. The summed E-state index contributed by atoms with van der Waals surface area (Å²) in [5, 5.41) is 7.00. The second-order valence-electron chi connectivity index (χ2n) is 4.21. The highest BCUT2D eigenvalue weighted by atomic mass is 15.1. The number of nitrogens with one attached hydrogen (secondary N) is 2. The second-order valence-corrected chi connectivity index (χ2v) is 4.21. The van der Waals surface area contributed by atoms with Gasteiger partial charge in [0.15, 0.2) is 0 Å². The Labute approximate surface area is 91.1 Å². The Bertz CT molecular complexity index is 287. The fourth-order valence-corrected chi connectivity index (χ4v) is 2.03. The Morgan fingerprint density at radius 2 is 2.47 bits per heavy atom. The first-order valence-corrected chi connectivity index (χ1v) is 5.76. The van der Waals surface area contributed by atoms with E-state index in [4.69, 9.17) is 0 Å². The van der Waals surface area contributed by atoms with Crippen LogP contribution in [0.15, 0.2) is 12.4 Å². The van der Waals surface area contributed by atoms with Crippen LogP contribution >= 0.6 is 0 Å². The van der Waals surface area contributed by atoms with Crippen molar-refractivity contribution in [3.63, 3.8) is 0 Å². The number of rotatable bonds is 3. The smallest absolute Gasteiger partial charge is 0.122 e. The molecule has 2 N–H and O–H groups in total. The molecule has 1 unspecified atom stereocenters. The molecule has 1 aromatic heterocycles. The van der Waals surface area contributed by atoms with Crippen molar-refractivity contribution in [1.29, 1.82) is 0 Å². The Morgan fingerprint density at radius 3 is 3.27 bits per heavy atom. The largest absolute Gasteiger partial charge is 0.337 e. The van der Waals surface area contributed by atoms with Gasteiger partial charge < -0.3 is 15.2 Å². The van der Waals surface area contributed by atoms with Gasteiger partial charge in [-0.2, -0.15) is 0 Å². The number of aromatic nitrogens is 2. The van der Waals surface area contributed by atoms with E-state index in [9.17, 15) is 0 Å². The van der Waals surface area contributed by atoms with Crippen molar-refractivity contribution in [3.05, 3.63) is 18.2 Å². The molecule has 0 saturated carbocycles. The molecule has 4 nitrogen and oxygen atoms in total. The highest BCUT2D eigenvalue weighted by Crippen LogP contribution is 2.05. The van der Waals surface area contributed by atoms with Crippen LogP contribution in [0.25, 0.3) is 0 Å². The fourth-order valence-electron chi connectivity index (χ4n) is 2.03. The van der Waals surface area contributed by atoms with Gasteiger partial charge in [0.25, 0.3) is 0 Å². The zero-order valence-corrected chi connectivity index (χ0v) is 9.37. The van der Waals surface area contributed by atoms with Crippen molar-refractivity contribution in [2.24, 2.45) is 7.05 Å². The average molecular weight is 208 g/mol. The molecule has 2 heterocycles. The van der Waals surface area contributed by atoms with Gasteiger partial charge in [0, 0.05) is 25.5 Å². The van der Waals surface area contributed by atoms with Crippen LogP contribution in [-0.2, 0) is 13.6 Å². The van der Waals surface area contributed by atoms with Crippen molar-refractivity contribution >= 4 is 0 Å². The lowest BCUT2D eigenvalue weighted by Gasteiger charge is -2.15. The number of aryl methyl sites for hydroxylation is 1. The molecule has 84 valence electrons. The molecule has 1 aliphatic heterocycles. The maximum atomic E-state index is 4.31. The van der Waals surface area contributed by atoms with Crippen molar-refractivity contribution in [3.8, 4) is 0 Å². The predicted molar refractivity (Wildman–Crippen MR) is 60.6 cm³/mol. The van der Waals surface area contributed by atoms with Gasteiger partial charge in [-0.05, 0) is 32.4 Å². The third-order valence-corrected chi connectivity index (χ3v) is 3.05. The summed E-state index contributed by atoms with van der Waals surface area (Å²) in [6.45, 7) is 3.19. The van der Waals surface area contributed by atoms with Gasteiger partial charge in [-0.1, -0.05) is 0 Å². The van der Waals surface area contributed by atoms with Gasteiger partial charge in [0.2, 0.25) is 0 Å². The summed E-state index contributed by atoms with van der Waals surface area (Å²) in [7, 11) is 2.04. The van der Waals surface area contributed by atoms with Gasteiger partial charge in [-0.25, -0.2) is 4.98 Å². The number of hydrogen-bond donors (Lipinski definition) is 2. The van der Waals surface area contributed by atoms with E-state index in [1.54, 1.807) is 0 Å². The van der Waals surface area contributed by atoms with Crippen LogP contribution < -0.4 is 10.6 Å². The highest BCUT2D eigenvalue weighted by molar-refractivity contribution is 4.91. The minimum Gasteiger partial charge on any atom is -0.337 e. The lowest BCUT2D eigenvalue weighted by atomic mass is 10.1. The minimum atomic E-state index is 0.650. The van der Waals surface area contributed by atoms with Crippen LogP contribution in [0.2, 0.25) is 0 Å². The van der Waals surface area contributed by atoms with Gasteiger partial charge in [0.1, 0.15) is 5.82 Å². The van der Waals surface area contributed by atoms with Crippen molar-refractivity contribution < 1.29 is 0 Å². The molecule has 2 rings (SSSR count).